The van der Waals surface area contributed by atoms with Crippen LogP contribution < -0.4 is 19.6 Å². The second kappa shape index (κ2) is 11.5. The average Bonchev–Trinajstić information content (AvgIpc) is 3.23. The minimum Gasteiger partial charge on any atom is -0.488 e. The second-order valence-electron chi connectivity index (χ2n) is 8.78. The van der Waals surface area contributed by atoms with Crippen molar-refractivity contribution in [3.05, 3.63) is 131 Å². The van der Waals surface area contributed by atoms with Crippen LogP contribution in [0.5, 0.6) is 5.75 Å². The Hall–Kier alpha value is -3.82. The van der Waals surface area contributed by atoms with E-state index < -0.39 is 12.0 Å². The number of hydrogen-bond acceptors (Lipinski definition) is 6. The minimum absolute atomic E-state index is 0.0342. The highest BCUT2D eigenvalue weighted by Gasteiger charge is 2.33. The Labute approximate surface area is 236 Å². The van der Waals surface area contributed by atoms with Crippen LogP contribution in [0.15, 0.2) is 98.3 Å². The summed E-state index contributed by atoms with van der Waals surface area (Å²) in [4.78, 5) is 32.0. The van der Waals surface area contributed by atoms with Gasteiger partial charge in [0.05, 0.1) is 28.5 Å². The number of carbonyl (C=O) groups is 1. The largest absolute Gasteiger partial charge is 0.488 e. The van der Waals surface area contributed by atoms with Crippen LogP contribution in [0.25, 0.3) is 6.08 Å². The molecule has 1 aromatic heterocycles. The fourth-order valence-corrected chi connectivity index (χ4v) is 5.83. The molecule has 1 aliphatic rings. The van der Waals surface area contributed by atoms with E-state index >= 15 is 0 Å². The lowest BCUT2D eigenvalue weighted by molar-refractivity contribution is -0.139. The number of benzene rings is 3. The van der Waals surface area contributed by atoms with Gasteiger partial charge >= 0.3 is 5.97 Å². The van der Waals surface area contributed by atoms with Crippen molar-refractivity contribution in [1.82, 2.24) is 4.57 Å². The molecule has 0 bridgehead atoms. The van der Waals surface area contributed by atoms with E-state index in [1.807, 2.05) is 42.5 Å². The van der Waals surface area contributed by atoms with Gasteiger partial charge in [-0.15, -0.1) is 0 Å². The van der Waals surface area contributed by atoms with Gasteiger partial charge in [0.25, 0.3) is 5.56 Å². The van der Waals surface area contributed by atoms with Crippen LogP contribution in [0.2, 0.25) is 0 Å². The first-order chi connectivity index (χ1) is 18.9. The molecule has 0 spiro atoms. The Morgan fingerprint density at radius 3 is 2.62 bits per heavy atom. The van der Waals surface area contributed by atoms with Gasteiger partial charge in [-0.05, 0) is 49.8 Å². The smallest absolute Gasteiger partial charge is 0.338 e. The van der Waals surface area contributed by atoms with E-state index in [1.54, 1.807) is 48.8 Å². The Kier molecular flexibility index (Phi) is 7.90. The standard InChI is InChI=1S/C30H24BrFN2O4S/c1-3-37-29(36)26-18(2)33-30-34(27(26)19-9-5-4-6-10-19)28(35)25(39-30)16-21-15-22(31)13-14-24(21)38-17-20-11-7-8-12-23(20)32/h4-16,27H,3,17H2,1-2H3/b25-16-. The highest BCUT2D eigenvalue weighted by Crippen LogP contribution is 2.31. The molecule has 1 atom stereocenters. The number of rotatable bonds is 7. The summed E-state index contributed by atoms with van der Waals surface area (Å²) < 4.78 is 28.2. The summed E-state index contributed by atoms with van der Waals surface area (Å²) >= 11 is 4.72. The zero-order chi connectivity index (χ0) is 27.5. The number of carbonyl (C=O) groups excluding carboxylic acids is 1. The Bertz CT molecular complexity index is 1760. The molecule has 0 N–H and O–H groups in total. The molecule has 1 aliphatic heterocycles. The van der Waals surface area contributed by atoms with Crippen LogP contribution in [0, 0.1) is 5.82 Å². The summed E-state index contributed by atoms with van der Waals surface area (Å²) in [5, 5.41) is 0. The molecular formula is C30H24BrFN2O4S. The maximum absolute atomic E-state index is 14.1. The van der Waals surface area contributed by atoms with Crippen molar-refractivity contribution in [3.8, 4) is 5.75 Å². The average molecular weight is 608 g/mol. The fraction of sp³-hybridized carbons (Fsp3) is 0.167. The van der Waals surface area contributed by atoms with Crippen LogP contribution >= 0.6 is 27.3 Å². The number of hydrogen-bond donors (Lipinski definition) is 0. The number of allylic oxidation sites excluding steroid dienone is 1. The molecule has 198 valence electrons. The molecule has 1 unspecified atom stereocenters. The third-order valence-corrected chi connectivity index (χ3v) is 7.71. The molecule has 6 nitrogen and oxygen atoms in total. The maximum Gasteiger partial charge on any atom is 0.338 e. The van der Waals surface area contributed by atoms with Gasteiger partial charge in [0.2, 0.25) is 0 Å². The summed E-state index contributed by atoms with van der Waals surface area (Å²) in [5.41, 5.74) is 2.39. The van der Waals surface area contributed by atoms with E-state index in [4.69, 9.17) is 9.47 Å². The van der Waals surface area contributed by atoms with Gasteiger partial charge in [0.15, 0.2) is 4.80 Å². The topological polar surface area (TPSA) is 69.9 Å². The minimum atomic E-state index is -0.678. The van der Waals surface area contributed by atoms with Crippen molar-refractivity contribution in [2.45, 2.75) is 26.5 Å². The van der Waals surface area contributed by atoms with E-state index in [0.29, 0.717) is 37.5 Å². The number of aromatic nitrogens is 1. The molecule has 2 heterocycles. The van der Waals surface area contributed by atoms with Crippen molar-refractivity contribution in [1.29, 1.82) is 0 Å². The van der Waals surface area contributed by atoms with Crippen molar-refractivity contribution < 1.29 is 18.7 Å². The van der Waals surface area contributed by atoms with Crippen molar-refractivity contribution in [3.63, 3.8) is 0 Å². The van der Waals surface area contributed by atoms with Crippen molar-refractivity contribution >= 4 is 39.3 Å². The third kappa shape index (κ3) is 5.51. The van der Waals surface area contributed by atoms with Gasteiger partial charge in [-0.1, -0.05) is 75.8 Å². The molecule has 4 aromatic rings. The van der Waals surface area contributed by atoms with Gasteiger partial charge in [0.1, 0.15) is 18.2 Å². The molecule has 39 heavy (non-hydrogen) atoms. The molecule has 0 fully saturated rings. The van der Waals surface area contributed by atoms with E-state index in [0.717, 1.165) is 10.0 Å². The van der Waals surface area contributed by atoms with Crippen LogP contribution in [0.4, 0.5) is 4.39 Å². The molecule has 0 saturated heterocycles. The van der Waals surface area contributed by atoms with Gasteiger partial charge in [-0.3, -0.25) is 9.36 Å². The summed E-state index contributed by atoms with van der Waals surface area (Å²) in [5.74, 6) is -0.355. The molecule has 5 rings (SSSR count). The first kappa shape index (κ1) is 26.8. The molecule has 0 amide bonds. The maximum atomic E-state index is 14.1. The number of nitrogens with zero attached hydrogens (tertiary/aromatic N) is 2. The van der Waals surface area contributed by atoms with Gasteiger partial charge in [-0.25, -0.2) is 14.2 Å². The Morgan fingerprint density at radius 1 is 1.13 bits per heavy atom. The highest BCUT2D eigenvalue weighted by molar-refractivity contribution is 9.10. The first-order valence-corrected chi connectivity index (χ1v) is 13.9. The summed E-state index contributed by atoms with van der Waals surface area (Å²) in [6.07, 6.45) is 1.73. The monoisotopic (exact) mass is 606 g/mol. The Balaban J connectivity index is 1.62. The fourth-order valence-electron chi connectivity index (χ4n) is 4.42. The van der Waals surface area contributed by atoms with Crippen LogP contribution in [-0.4, -0.2) is 17.1 Å². The van der Waals surface area contributed by atoms with Gasteiger partial charge in [-0.2, -0.15) is 0 Å². The molecule has 0 radical (unpaired) electrons. The quantitative estimate of drug-likeness (QED) is 0.268. The van der Waals surface area contributed by atoms with E-state index in [9.17, 15) is 14.0 Å². The number of ether oxygens (including phenoxy) is 2. The lowest BCUT2D eigenvalue weighted by Crippen LogP contribution is -2.39. The van der Waals surface area contributed by atoms with E-state index in [2.05, 4.69) is 20.9 Å². The number of halogens is 2. The lowest BCUT2D eigenvalue weighted by Gasteiger charge is -2.24. The number of fused-ring (bicyclic) bond motifs is 1. The normalized spacial score (nSPS) is 15.1. The lowest BCUT2D eigenvalue weighted by atomic mass is 9.96. The predicted molar refractivity (Wildman–Crippen MR) is 152 cm³/mol. The number of esters is 1. The van der Waals surface area contributed by atoms with Crippen LogP contribution in [0.1, 0.15) is 36.6 Å². The SMILES string of the molecule is CCOC(=O)C1=C(C)N=c2s/c(=C\c3cc(Br)ccc3OCc3ccccc3F)c(=O)n2C1c1ccccc1. The molecule has 9 heteroatoms. The van der Waals surface area contributed by atoms with Crippen LogP contribution in [0.3, 0.4) is 0 Å². The first-order valence-electron chi connectivity index (χ1n) is 12.3. The molecular weight excluding hydrogens is 583 g/mol. The van der Waals surface area contributed by atoms with E-state index in [1.165, 1.54) is 17.4 Å². The summed E-state index contributed by atoms with van der Waals surface area (Å²) in [6, 6.07) is 20.5. The summed E-state index contributed by atoms with van der Waals surface area (Å²) in [6.45, 7) is 3.74. The van der Waals surface area contributed by atoms with Crippen molar-refractivity contribution in [2.75, 3.05) is 6.61 Å². The molecule has 3 aromatic carbocycles. The van der Waals surface area contributed by atoms with Crippen LogP contribution in [-0.2, 0) is 16.1 Å². The Morgan fingerprint density at radius 2 is 1.87 bits per heavy atom. The van der Waals surface area contributed by atoms with Gasteiger partial charge < -0.3 is 9.47 Å². The van der Waals surface area contributed by atoms with Gasteiger partial charge in [0, 0.05) is 15.6 Å². The number of thiazole rings is 1. The molecule has 0 aliphatic carbocycles. The molecule has 0 saturated carbocycles. The second-order valence-corrected chi connectivity index (χ2v) is 10.7. The highest BCUT2D eigenvalue weighted by atomic mass is 79.9. The zero-order valence-corrected chi connectivity index (χ0v) is 23.6. The summed E-state index contributed by atoms with van der Waals surface area (Å²) in [7, 11) is 0. The zero-order valence-electron chi connectivity index (χ0n) is 21.2. The third-order valence-electron chi connectivity index (χ3n) is 6.23. The van der Waals surface area contributed by atoms with E-state index in [-0.39, 0.29) is 24.6 Å². The predicted octanol–water partition coefficient (Wildman–Crippen LogP) is 5.28. The van der Waals surface area contributed by atoms with Crippen molar-refractivity contribution in [2.24, 2.45) is 4.99 Å².